The summed E-state index contributed by atoms with van der Waals surface area (Å²) in [7, 11) is 0. The quantitative estimate of drug-likeness (QED) is 0.375. The second kappa shape index (κ2) is 10.6. The maximum atomic E-state index is 10.0. The van der Waals surface area contributed by atoms with Gasteiger partial charge in [-0.1, -0.05) is 39.5 Å². The third kappa shape index (κ3) is 15.2. The Morgan fingerprint density at radius 1 is 1.15 bits per heavy atom. The van der Waals surface area contributed by atoms with Crippen LogP contribution in [0, 0.1) is 5.92 Å². The third-order valence-electron chi connectivity index (χ3n) is 1.91. The van der Waals surface area contributed by atoms with Crippen molar-refractivity contribution in [2.24, 2.45) is 5.92 Å². The molecule has 0 bridgehead atoms. The molecular weight excluding hydrogens is 175 g/mol. The van der Waals surface area contributed by atoms with Crippen LogP contribution in [0.5, 0.6) is 0 Å². The van der Waals surface area contributed by atoms with Gasteiger partial charge < -0.3 is 9.90 Å². The van der Waals surface area contributed by atoms with Gasteiger partial charge in [-0.3, -0.25) is 0 Å². The Kier molecular flexibility index (Phi) is 12.9. The standard InChI is InChI=1S/C10H20O2.Na/c1-9(2)7-5-3-4-6-8-10(11)12;/h9H,3-8H2,1-2H3,(H,11,12);/q;+1/p-1. The summed E-state index contributed by atoms with van der Waals surface area (Å²) in [6.45, 7) is 4.42. The number of unbranched alkanes of at least 4 members (excludes halogenated alkanes) is 3. The molecule has 0 aliphatic heterocycles. The smallest absolute Gasteiger partial charge is 0.550 e. The van der Waals surface area contributed by atoms with Gasteiger partial charge in [-0.2, -0.15) is 0 Å². The van der Waals surface area contributed by atoms with Gasteiger partial charge in [-0.15, -0.1) is 0 Å². The number of rotatable bonds is 7. The van der Waals surface area contributed by atoms with E-state index in [1.165, 1.54) is 12.8 Å². The molecule has 0 aliphatic rings. The number of carboxylic acid groups (broad SMARTS) is 1. The second-order valence-corrected chi connectivity index (χ2v) is 3.72. The molecular formula is C10H19NaO2. The minimum atomic E-state index is -0.918. The topological polar surface area (TPSA) is 40.1 Å². The molecule has 0 fully saturated rings. The minimum absolute atomic E-state index is 0. The third-order valence-corrected chi connectivity index (χ3v) is 1.91. The van der Waals surface area contributed by atoms with E-state index in [0.29, 0.717) is 0 Å². The molecule has 0 saturated heterocycles. The van der Waals surface area contributed by atoms with Crippen LogP contribution < -0.4 is 34.7 Å². The van der Waals surface area contributed by atoms with E-state index in [0.717, 1.165) is 25.2 Å². The van der Waals surface area contributed by atoms with Crippen LogP contribution in [0.3, 0.4) is 0 Å². The average Bonchev–Trinajstić information content (AvgIpc) is 1.95. The molecule has 0 heterocycles. The monoisotopic (exact) mass is 194 g/mol. The van der Waals surface area contributed by atoms with Crippen LogP contribution in [0.4, 0.5) is 0 Å². The van der Waals surface area contributed by atoms with Crippen LogP contribution >= 0.6 is 0 Å². The van der Waals surface area contributed by atoms with E-state index in [1.54, 1.807) is 0 Å². The summed E-state index contributed by atoms with van der Waals surface area (Å²) in [5.74, 6) is -0.148. The Morgan fingerprint density at radius 3 is 2.15 bits per heavy atom. The summed E-state index contributed by atoms with van der Waals surface area (Å²) in [6, 6.07) is 0. The Bertz CT molecular complexity index is 124. The van der Waals surface area contributed by atoms with E-state index in [1.807, 2.05) is 0 Å². The van der Waals surface area contributed by atoms with Crippen LogP contribution in [0.2, 0.25) is 0 Å². The fraction of sp³-hybridized carbons (Fsp3) is 0.900. The predicted molar refractivity (Wildman–Crippen MR) is 47.5 cm³/mol. The molecule has 0 amide bonds. The number of carbonyl (C=O) groups is 1. The van der Waals surface area contributed by atoms with Gasteiger partial charge in [-0.25, -0.2) is 0 Å². The van der Waals surface area contributed by atoms with Gasteiger partial charge in [0.15, 0.2) is 0 Å². The van der Waals surface area contributed by atoms with Crippen molar-refractivity contribution in [2.45, 2.75) is 52.4 Å². The molecule has 0 aromatic heterocycles. The van der Waals surface area contributed by atoms with E-state index in [4.69, 9.17) is 0 Å². The molecule has 3 heteroatoms. The Balaban J connectivity index is 0. The molecule has 13 heavy (non-hydrogen) atoms. The molecule has 0 saturated carbocycles. The Labute approximate surface area is 103 Å². The van der Waals surface area contributed by atoms with Gasteiger partial charge >= 0.3 is 29.6 Å². The first-order valence-electron chi connectivity index (χ1n) is 4.82. The molecule has 0 aromatic rings. The number of carbonyl (C=O) groups excluding carboxylic acids is 1. The number of carboxylic acids is 1. The molecule has 0 aromatic carbocycles. The molecule has 2 nitrogen and oxygen atoms in total. The summed E-state index contributed by atoms with van der Waals surface area (Å²) in [5.41, 5.74) is 0. The van der Waals surface area contributed by atoms with Crippen LogP contribution in [0.1, 0.15) is 52.4 Å². The van der Waals surface area contributed by atoms with Crippen LogP contribution in [0.25, 0.3) is 0 Å². The van der Waals surface area contributed by atoms with Gasteiger partial charge in [-0.05, 0) is 18.8 Å². The maximum absolute atomic E-state index is 10.0. The van der Waals surface area contributed by atoms with Crippen LogP contribution in [-0.2, 0) is 4.79 Å². The fourth-order valence-electron chi connectivity index (χ4n) is 1.18. The molecule has 0 spiro atoms. The van der Waals surface area contributed by atoms with E-state index in [-0.39, 0.29) is 36.0 Å². The summed E-state index contributed by atoms with van der Waals surface area (Å²) >= 11 is 0. The second-order valence-electron chi connectivity index (χ2n) is 3.72. The SMILES string of the molecule is CC(C)CCCCCCC(=O)[O-].[Na+]. The molecule has 0 unspecified atom stereocenters. The fourth-order valence-corrected chi connectivity index (χ4v) is 1.18. The van der Waals surface area contributed by atoms with Crippen molar-refractivity contribution in [3.05, 3.63) is 0 Å². The van der Waals surface area contributed by atoms with Crippen molar-refractivity contribution in [1.82, 2.24) is 0 Å². The van der Waals surface area contributed by atoms with Crippen molar-refractivity contribution in [3.63, 3.8) is 0 Å². The van der Waals surface area contributed by atoms with Crippen molar-refractivity contribution in [1.29, 1.82) is 0 Å². The molecule has 0 N–H and O–H groups in total. The summed E-state index contributed by atoms with van der Waals surface area (Å²) in [6.07, 6.45) is 5.67. The van der Waals surface area contributed by atoms with Gasteiger partial charge in [0.05, 0.1) is 0 Å². The molecule has 0 atom stereocenters. The first-order valence-corrected chi connectivity index (χ1v) is 4.82. The zero-order valence-corrected chi connectivity index (χ0v) is 11.1. The summed E-state index contributed by atoms with van der Waals surface area (Å²) in [5, 5.41) is 10.0. The Hall–Kier alpha value is 0.470. The van der Waals surface area contributed by atoms with Crippen molar-refractivity contribution in [2.75, 3.05) is 0 Å². The maximum Gasteiger partial charge on any atom is 1.00 e. The van der Waals surface area contributed by atoms with Gasteiger partial charge in [0, 0.05) is 5.97 Å². The first-order chi connectivity index (χ1) is 5.63. The van der Waals surface area contributed by atoms with Gasteiger partial charge in [0.2, 0.25) is 0 Å². The number of aliphatic carboxylic acids is 1. The van der Waals surface area contributed by atoms with E-state index in [9.17, 15) is 9.90 Å². The van der Waals surface area contributed by atoms with Crippen molar-refractivity contribution >= 4 is 5.97 Å². The van der Waals surface area contributed by atoms with E-state index in [2.05, 4.69) is 13.8 Å². The predicted octanol–water partition coefficient (Wildman–Crippen LogP) is -1.26. The average molecular weight is 194 g/mol. The number of hydrogen-bond acceptors (Lipinski definition) is 2. The Morgan fingerprint density at radius 2 is 1.69 bits per heavy atom. The van der Waals surface area contributed by atoms with Crippen molar-refractivity contribution in [3.8, 4) is 0 Å². The van der Waals surface area contributed by atoms with Gasteiger partial charge in [0.25, 0.3) is 0 Å². The molecule has 0 aliphatic carbocycles. The molecule has 0 rings (SSSR count). The zero-order chi connectivity index (χ0) is 9.40. The normalized spacial score (nSPS) is 9.77. The first kappa shape index (κ1) is 15.9. The van der Waals surface area contributed by atoms with Crippen LogP contribution in [-0.4, -0.2) is 5.97 Å². The number of hydrogen-bond donors (Lipinski definition) is 0. The van der Waals surface area contributed by atoms with E-state index < -0.39 is 5.97 Å². The van der Waals surface area contributed by atoms with Gasteiger partial charge in [0.1, 0.15) is 0 Å². The van der Waals surface area contributed by atoms with E-state index >= 15 is 0 Å². The minimum Gasteiger partial charge on any atom is -0.550 e. The van der Waals surface area contributed by atoms with Crippen LogP contribution in [0.15, 0.2) is 0 Å². The molecule has 72 valence electrons. The molecule has 0 radical (unpaired) electrons. The zero-order valence-electron chi connectivity index (χ0n) is 9.14. The summed E-state index contributed by atoms with van der Waals surface area (Å²) < 4.78 is 0. The largest absolute Gasteiger partial charge is 1.00 e. The van der Waals surface area contributed by atoms with Crippen molar-refractivity contribution < 1.29 is 39.5 Å². The summed E-state index contributed by atoms with van der Waals surface area (Å²) in [4.78, 5) is 10.0.